The summed E-state index contributed by atoms with van der Waals surface area (Å²) in [5, 5.41) is 0. The van der Waals surface area contributed by atoms with Crippen LogP contribution in [0.3, 0.4) is 0 Å². The monoisotopic (exact) mass is 214 g/mol. The van der Waals surface area contributed by atoms with E-state index in [2.05, 4.69) is 4.18 Å². The smallest absolute Gasteiger partial charge is 0.264 e. The predicted octanol–water partition coefficient (Wildman–Crippen LogP) is 1.52. The van der Waals surface area contributed by atoms with Crippen molar-refractivity contribution in [2.45, 2.75) is 0 Å². The maximum atomic E-state index is 10.1. The molecule has 0 spiro atoms. The molecule has 4 nitrogen and oxygen atoms in total. The average Bonchev–Trinajstić information content (AvgIpc) is 2.13. The normalized spacial score (nSPS) is 12.1. The van der Waals surface area contributed by atoms with Gasteiger partial charge in [0.1, 0.15) is 0 Å². The summed E-state index contributed by atoms with van der Waals surface area (Å²) in [6.07, 6.45) is 3.20. The highest BCUT2D eigenvalue weighted by Gasteiger charge is 1.99. The highest BCUT2D eigenvalue weighted by Crippen LogP contribution is 2.00. The first kappa shape index (κ1) is 10.9. The molecule has 1 aromatic carbocycles. The van der Waals surface area contributed by atoms with Crippen molar-refractivity contribution in [3.63, 3.8) is 0 Å². The first-order chi connectivity index (χ1) is 6.58. The van der Waals surface area contributed by atoms with Gasteiger partial charge in [-0.3, -0.25) is 4.55 Å². The third-order valence-electron chi connectivity index (χ3n) is 1.42. The van der Waals surface area contributed by atoms with Gasteiger partial charge in [0.2, 0.25) is 0 Å². The van der Waals surface area contributed by atoms with E-state index in [-0.39, 0.29) is 6.61 Å². The van der Waals surface area contributed by atoms with Crippen molar-refractivity contribution >= 4 is 16.5 Å². The summed E-state index contributed by atoms with van der Waals surface area (Å²) in [5.74, 6) is 0. The Morgan fingerprint density at radius 2 is 1.93 bits per heavy atom. The maximum Gasteiger partial charge on any atom is 0.397 e. The zero-order valence-corrected chi connectivity index (χ0v) is 8.15. The molecule has 0 aliphatic carbocycles. The molecular weight excluding hydrogens is 204 g/mol. The minimum Gasteiger partial charge on any atom is -0.264 e. The number of rotatable bonds is 4. The minimum absolute atomic E-state index is 0.173. The van der Waals surface area contributed by atoms with E-state index < -0.39 is 10.4 Å². The second kappa shape index (κ2) is 4.90. The van der Waals surface area contributed by atoms with Crippen LogP contribution in [-0.2, 0) is 14.6 Å². The molecule has 1 N–H and O–H groups in total. The molecule has 0 bridgehead atoms. The van der Waals surface area contributed by atoms with Crippen LogP contribution in [0.25, 0.3) is 6.08 Å². The van der Waals surface area contributed by atoms with Crippen molar-refractivity contribution in [3.8, 4) is 0 Å². The van der Waals surface area contributed by atoms with Crippen molar-refractivity contribution in [1.82, 2.24) is 0 Å². The number of benzene rings is 1. The van der Waals surface area contributed by atoms with Gasteiger partial charge in [-0.1, -0.05) is 42.5 Å². The number of hydrogen-bond acceptors (Lipinski definition) is 3. The van der Waals surface area contributed by atoms with Crippen LogP contribution in [0.2, 0.25) is 0 Å². The van der Waals surface area contributed by atoms with Crippen molar-refractivity contribution in [1.29, 1.82) is 0 Å². The van der Waals surface area contributed by atoms with Gasteiger partial charge in [-0.15, -0.1) is 0 Å². The lowest BCUT2D eigenvalue weighted by Crippen LogP contribution is -2.02. The van der Waals surface area contributed by atoms with Gasteiger partial charge in [-0.2, -0.15) is 8.42 Å². The maximum absolute atomic E-state index is 10.1. The molecule has 0 aliphatic heterocycles. The number of hydrogen-bond donors (Lipinski definition) is 1. The summed E-state index contributed by atoms with van der Waals surface area (Å²) in [5.41, 5.74) is 0.937. The summed E-state index contributed by atoms with van der Waals surface area (Å²) in [6, 6.07) is 9.34. The van der Waals surface area contributed by atoms with Crippen molar-refractivity contribution in [2.75, 3.05) is 6.61 Å². The van der Waals surface area contributed by atoms with Gasteiger partial charge in [0.05, 0.1) is 6.61 Å². The fourth-order valence-electron chi connectivity index (χ4n) is 0.874. The summed E-state index contributed by atoms with van der Waals surface area (Å²) in [4.78, 5) is 0. The highest BCUT2D eigenvalue weighted by atomic mass is 32.3. The lowest BCUT2D eigenvalue weighted by atomic mass is 10.2. The second-order valence-corrected chi connectivity index (χ2v) is 3.62. The van der Waals surface area contributed by atoms with Gasteiger partial charge in [-0.05, 0) is 5.56 Å². The summed E-state index contributed by atoms with van der Waals surface area (Å²) in [7, 11) is -4.33. The molecular formula is C9H10O4S. The first-order valence-electron chi connectivity index (χ1n) is 3.91. The van der Waals surface area contributed by atoms with Crippen LogP contribution in [-0.4, -0.2) is 19.6 Å². The van der Waals surface area contributed by atoms with Crippen LogP contribution in [0.4, 0.5) is 0 Å². The standard InChI is InChI=1S/C9H10O4S/c10-14(11,12)13-8-4-7-9-5-2-1-3-6-9/h1-7H,8H2,(H,10,11,12)/b7-4+. The van der Waals surface area contributed by atoms with Gasteiger partial charge in [0, 0.05) is 0 Å². The fraction of sp³-hybridized carbons (Fsp3) is 0.111. The topological polar surface area (TPSA) is 63.6 Å². The summed E-state index contributed by atoms with van der Waals surface area (Å²) >= 11 is 0. The third-order valence-corrected chi connectivity index (χ3v) is 1.86. The second-order valence-electron chi connectivity index (χ2n) is 2.53. The Kier molecular flexibility index (Phi) is 3.82. The Balaban J connectivity index is 2.43. The molecule has 0 fully saturated rings. The highest BCUT2D eigenvalue weighted by molar-refractivity contribution is 7.80. The van der Waals surface area contributed by atoms with Crippen molar-refractivity contribution in [3.05, 3.63) is 42.0 Å². The van der Waals surface area contributed by atoms with Gasteiger partial charge in [-0.25, -0.2) is 4.18 Å². The zero-order valence-electron chi connectivity index (χ0n) is 7.33. The fourth-order valence-corrected chi connectivity index (χ4v) is 1.12. The molecule has 0 radical (unpaired) electrons. The van der Waals surface area contributed by atoms with Crippen LogP contribution < -0.4 is 0 Å². The van der Waals surface area contributed by atoms with Gasteiger partial charge >= 0.3 is 10.4 Å². The molecule has 1 aromatic rings. The van der Waals surface area contributed by atoms with E-state index in [9.17, 15) is 8.42 Å². The molecule has 0 unspecified atom stereocenters. The average molecular weight is 214 g/mol. The van der Waals surface area contributed by atoms with Crippen LogP contribution in [0.15, 0.2) is 36.4 Å². The first-order valence-corrected chi connectivity index (χ1v) is 5.28. The molecule has 0 aromatic heterocycles. The zero-order chi connectivity index (χ0) is 10.4. The minimum atomic E-state index is -4.33. The van der Waals surface area contributed by atoms with E-state index in [0.29, 0.717) is 0 Å². The largest absolute Gasteiger partial charge is 0.397 e. The molecule has 0 saturated carbocycles. The Labute approximate surface area is 82.8 Å². The molecule has 1 rings (SSSR count). The predicted molar refractivity (Wildman–Crippen MR) is 53.0 cm³/mol. The molecule has 14 heavy (non-hydrogen) atoms. The van der Waals surface area contributed by atoms with Crippen molar-refractivity contribution < 1.29 is 17.2 Å². The summed E-state index contributed by atoms with van der Waals surface area (Å²) < 4.78 is 32.6. The molecule has 0 saturated heterocycles. The molecule has 0 atom stereocenters. The van der Waals surface area contributed by atoms with E-state index >= 15 is 0 Å². The van der Waals surface area contributed by atoms with Gasteiger partial charge in [0.15, 0.2) is 0 Å². The third kappa shape index (κ3) is 4.76. The lowest BCUT2D eigenvalue weighted by Gasteiger charge is -1.93. The van der Waals surface area contributed by atoms with Crippen molar-refractivity contribution in [2.24, 2.45) is 0 Å². The quantitative estimate of drug-likeness (QED) is 0.772. The SMILES string of the molecule is O=S(=O)(O)OC/C=C/c1ccccc1. The van der Waals surface area contributed by atoms with E-state index in [1.807, 2.05) is 30.3 Å². The van der Waals surface area contributed by atoms with Crippen LogP contribution in [0.5, 0.6) is 0 Å². The van der Waals surface area contributed by atoms with Crippen LogP contribution in [0, 0.1) is 0 Å². The lowest BCUT2D eigenvalue weighted by molar-refractivity contribution is 0.297. The van der Waals surface area contributed by atoms with Crippen LogP contribution >= 0.6 is 0 Å². The van der Waals surface area contributed by atoms with Gasteiger partial charge in [0.25, 0.3) is 0 Å². The van der Waals surface area contributed by atoms with E-state index in [4.69, 9.17) is 4.55 Å². The van der Waals surface area contributed by atoms with Crippen LogP contribution in [0.1, 0.15) is 5.56 Å². The van der Waals surface area contributed by atoms with E-state index in [1.165, 1.54) is 6.08 Å². The molecule has 0 heterocycles. The Bertz CT molecular complexity index is 394. The molecule has 76 valence electrons. The Morgan fingerprint density at radius 3 is 2.50 bits per heavy atom. The van der Waals surface area contributed by atoms with E-state index in [1.54, 1.807) is 6.08 Å². The Hall–Kier alpha value is -1.17. The molecule has 0 aliphatic rings. The molecule has 0 amide bonds. The van der Waals surface area contributed by atoms with E-state index in [0.717, 1.165) is 5.56 Å². The van der Waals surface area contributed by atoms with Gasteiger partial charge < -0.3 is 0 Å². The molecule has 5 heteroatoms. The summed E-state index contributed by atoms with van der Waals surface area (Å²) in [6.45, 7) is -0.173. The Morgan fingerprint density at radius 1 is 1.29 bits per heavy atom.